The average molecular weight is 275 g/mol. The van der Waals surface area contributed by atoms with Crippen LogP contribution in [0.3, 0.4) is 0 Å². The van der Waals surface area contributed by atoms with E-state index in [0.29, 0.717) is 17.9 Å². The van der Waals surface area contributed by atoms with Gasteiger partial charge in [-0.3, -0.25) is 9.69 Å². The summed E-state index contributed by atoms with van der Waals surface area (Å²) < 4.78 is 5.34. The highest BCUT2D eigenvalue weighted by Gasteiger charge is 2.25. The number of rotatable bonds is 8. The van der Waals surface area contributed by atoms with Crippen molar-refractivity contribution >= 4 is 5.78 Å². The van der Waals surface area contributed by atoms with Crippen LogP contribution in [0.4, 0.5) is 0 Å². The first-order valence-corrected chi connectivity index (χ1v) is 7.54. The highest BCUT2D eigenvalue weighted by Crippen LogP contribution is 2.30. The van der Waals surface area contributed by atoms with Gasteiger partial charge in [0, 0.05) is 6.54 Å². The zero-order valence-corrected chi connectivity index (χ0v) is 12.8. The minimum Gasteiger partial charge on any atom is -0.496 e. The van der Waals surface area contributed by atoms with E-state index in [1.54, 1.807) is 7.11 Å². The lowest BCUT2D eigenvalue weighted by Gasteiger charge is -2.21. The highest BCUT2D eigenvalue weighted by atomic mass is 16.5. The normalized spacial score (nSPS) is 14.6. The second-order valence-corrected chi connectivity index (χ2v) is 5.81. The molecule has 0 aliphatic heterocycles. The van der Waals surface area contributed by atoms with Crippen molar-refractivity contribution in [3.05, 3.63) is 29.3 Å². The van der Waals surface area contributed by atoms with Crippen LogP contribution < -0.4 is 4.74 Å². The van der Waals surface area contributed by atoms with Crippen LogP contribution in [0.1, 0.15) is 42.1 Å². The minimum atomic E-state index is 0.163. The molecule has 1 fully saturated rings. The molecule has 0 spiro atoms. The summed E-state index contributed by atoms with van der Waals surface area (Å²) in [5.74, 6) is 1.67. The van der Waals surface area contributed by atoms with Crippen LogP contribution in [-0.2, 0) is 0 Å². The Morgan fingerprint density at radius 1 is 1.40 bits per heavy atom. The van der Waals surface area contributed by atoms with Crippen LogP contribution in [0.2, 0.25) is 0 Å². The molecule has 1 aliphatic rings. The number of ether oxygens (including phenoxy) is 1. The van der Waals surface area contributed by atoms with Gasteiger partial charge in [0.2, 0.25) is 0 Å². The lowest BCUT2D eigenvalue weighted by molar-refractivity contribution is 0.0924. The predicted octanol–water partition coefficient (Wildman–Crippen LogP) is 3.31. The lowest BCUT2D eigenvalue weighted by Crippen LogP contribution is -2.32. The van der Waals surface area contributed by atoms with Gasteiger partial charge in [0.05, 0.1) is 19.2 Å². The summed E-state index contributed by atoms with van der Waals surface area (Å²) in [6, 6.07) is 5.79. The third-order valence-electron chi connectivity index (χ3n) is 3.78. The molecule has 1 aliphatic carbocycles. The Bertz CT molecular complexity index is 466. The van der Waals surface area contributed by atoms with Crippen LogP contribution in [0.15, 0.2) is 18.2 Å². The first kappa shape index (κ1) is 15.0. The van der Waals surface area contributed by atoms with E-state index in [9.17, 15) is 4.79 Å². The summed E-state index contributed by atoms with van der Waals surface area (Å²) in [5, 5.41) is 0. The van der Waals surface area contributed by atoms with E-state index in [1.165, 1.54) is 12.8 Å². The van der Waals surface area contributed by atoms with E-state index < -0.39 is 0 Å². The van der Waals surface area contributed by atoms with E-state index in [-0.39, 0.29) is 5.78 Å². The summed E-state index contributed by atoms with van der Waals surface area (Å²) in [4.78, 5) is 14.8. The fraction of sp³-hybridized carbons (Fsp3) is 0.588. The maximum Gasteiger partial charge on any atom is 0.180 e. The minimum absolute atomic E-state index is 0.163. The standard InChI is InChI=1S/C17H25NO2/c1-4-9-18(11-14-6-7-14)12-16(19)15-8-5-13(2)10-17(15)20-3/h5,8,10,14H,4,6-7,9,11-12H2,1-3H3. The van der Waals surface area contributed by atoms with Gasteiger partial charge in [-0.25, -0.2) is 0 Å². The molecule has 1 aromatic rings. The number of methoxy groups -OCH3 is 1. The fourth-order valence-corrected chi connectivity index (χ4v) is 2.53. The average Bonchev–Trinajstić information content (AvgIpc) is 3.22. The van der Waals surface area contributed by atoms with Gasteiger partial charge in [-0.2, -0.15) is 0 Å². The topological polar surface area (TPSA) is 29.5 Å². The Hall–Kier alpha value is -1.35. The van der Waals surface area contributed by atoms with Crippen molar-refractivity contribution in [2.75, 3.05) is 26.7 Å². The molecule has 2 rings (SSSR count). The SMILES string of the molecule is CCCN(CC(=O)c1ccc(C)cc1OC)CC1CC1. The van der Waals surface area contributed by atoms with E-state index >= 15 is 0 Å². The van der Waals surface area contributed by atoms with Gasteiger partial charge in [0.25, 0.3) is 0 Å². The molecule has 3 heteroatoms. The van der Waals surface area contributed by atoms with Gasteiger partial charge in [0.1, 0.15) is 5.75 Å². The molecule has 0 amide bonds. The third kappa shape index (κ3) is 4.07. The highest BCUT2D eigenvalue weighted by molar-refractivity contribution is 6.00. The van der Waals surface area contributed by atoms with Gasteiger partial charge in [-0.1, -0.05) is 13.0 Å². The molecule has 0 heterocycles. The molecule has 0 bridgehead atoms. The van der Waals surface area contributed by atoms with Crippen LogP contribution in [0.25, 0.3) is 0 Å². The number of ketones is 1. The second kappa shape index (κ2) is 6.89. The van der Waals surface area contributed by atoms with Crippen molar-refractivity contribution in [3.8, 4) is 5.75 Å². The first-order valence-electron chi connectivity index (χ1n) is 7.54. The first-order chi connectivity index (χ1) is 9.63. The number of carbonyl (C=O) groups excluding carboxylic acids is 1. The van der Waals surface area contributed by atoms with Crippen molar-refractivity contribution < 1.29 is 9.53 Å². The number of aryl methyl sites for hydroxylation is 1. The van der Waals surface area contributed by atoms with Gasteiger partial charge >= 0.3 is 0 Å². The molecule has 0 saturated heterocycles. The van der Waals surface area contributed by atoms with Crippen LogP contribution in [0.5, 0.6) is 5.75 Å². The smallest absolute Gasteiger partial charge is 0.180 e. The molecule has 0 unspecified atom stereocenters. The van der Waals surface area contributed by atoms with Gasteiger partial charge < -0.3 is 4.74 Å². The maximum absolute atomic E-state index is 12.5. The van der Waals surface area contributed by atoms with Gasteiger partial charge in [-0.15, -0.1) is 0 Å². The predicted molar refractivity (Wildman–Crippen MR) is 81.5 cm³/mol. The lowest BCUT2D eigenvalue weighted by atomic mass is 10.1. The number of benzene rings is 1. The third-order valence-corrected chi connectivity index (χ3v) is 3.78. The van der Waals surface area contributed by atoms with E-state index in [2.05, 4.69) is 11.8 Å². The number of carbonyl (C=O) groups is 1. The van der Waals surface area contributed by atoms with Crippen LogP contribution in [-0.4, -0.2) is 37.4 Å². The number of nitrogens with zero attached hydrogens (tertiary/aromatic N) is 1. The molecule has 0 atom stereocenters. The Balaban J connectivity index is 2.05. The van der Waals surface area contributed by atoms with Gasteiger partial charge in [0.15, 0.2) is 5.78 Å². The summed E-state index contributed by atoms with van der Waals surface area (Å²) in [6.07, 6.45) is 3.73. The van der Waals surface area contributed by atoms with Crippen molar-refractivity contribution in [2.45, 2.75) is 33.1 Å². The molecule has 3 nitrogen and oxygen atoms in total. The summed E-state index contributed by atoms with van der Waals surface area (Å²) in [6.45, 7) is 6.73. The summed E-state index contributed by atoms with van der Waals surface area (Å²) in [5.41, 5.74) is 1.82. The van der Waals surface area contributed by atoms with E-state index in [4.69, 9.17) is 4.74 Å². The molecule has 0 aromatic heterocycles. The Morgan fingerprint density at radius 3 is 2.75 bits per heavy atom. The van der Waals surface area contributed by atoms with E-state index in [1.807, 2.05) is 25.1 Å². The number of Topliss-reactive ketones (excluding diaryl/α,β-unsaturated/α-hetero) is 1. The van der Waals surface area contributed by atoms with E-state index in [0.717, 1.165) is 31.0 Å². The van der Waals surface area contributed by atoms with Crippen molar-refractivity contribution in [2.24, 2.45) is 5.92 Å². The second-order valence-electron chi connectivity index (χ2n) is 5.81. The summed E-state index contributed by atoms with van der Waals surface area (Å²) in [7, 11) is 1.62. The quantitative estimate of drug-likeness (QED) is 0.682. The molecule has 20 heavy (non-hydrogen) atoms. The summed E-state index contributed by atoms with van der Waals surface area (Å²) >= 11 is 0. The Kier molecular flexibility index (Phi) is 5.18. The fourth-order valence-electron chi connectivity index (χ4n) is 2.53. The molecule has 0 radical (unpaired) electrons. The van der Waals surface area contributed by atoms with Gasteiger partial charge in [-0.05, 0) is 56.3 Å². The molecule has 1 saturated carbocycles. The zero-order chi connectivity index (χ0) is 14.5. The molecular weight excluding hydrogens is 250 g/mol. The Morgan fingerprint density at radius 2 is 2.15 bits per heavy atom. The largest absolute Gasteiger partial charge is 0.496 e. The Labute approximate surface area is 121 Å². The van der Waals surface area contributed by atoms with Crippen LogP contribution >= 0.6 is 0 Å². The number of hydrogen-bond donors (Lipinski definition) is 0. The van der Waals surface area contributed by atoms with Crippen molar-refractivity contribution in [3.63, 3.8) is 0 Å². The van der Waals surface area contributed by atoms with Crippen molar-refractivity contribution in [1.29, 1.82) is 0 Å². The maximum atomic E-state index is 12.5. The van der Waals surface area contributed by atoms with Crippen LogP contribution in [0, 0.1) is 12.8 Å². The van der Waals surface area contributed by atoms with Crippen molar-refractivity contribution in [1.82, 2.24) is 4.90 Å². The molecule has 0 N–H and O–H groups in total. The monoisotopic (exact) mass is 275 g/mol. The molecule has 1 aromatic carbocycles. The zero-order valence-electron chi connectivity index (χ0n) is 12.8. The molecule has 110 valence electrons. The number of hydrogen-bond acceptors (Lipinski definition) is 3. The molecular formula is C17H25NO2.